The molecule has 3 aromatic carbocycles. The van der Waals surface area contributed by atoms with Crippen molar-refractivity contribution >= 4 is 32.5 Å². The molecule has 4 heteroatoms. The van der Waals surface area contributed by atoms with Gasteiger partial charge in [0, 0.05) is 10.6 Å². The van der Waals surface area contributed by atoms with Crippen LogP contribution in [0.3, 0.4) is 0 Å². The fraction of sp³-hybridized carbons (Fsp3) is 0.357. The summed E-state index contributed by atoms with van der Waals surface area (Å²) in [5.41, 5.74) is 4.11. The molecule has 0 saturated carbocycles. The van der Waals surface area contributed by atoms with Crippen LogP contribution in [0.25, 0.3) is 0 Å². The van der Waals surface area contributed by atoms with Gasteiger partial charge in [0.25, 0.3) is 0 Å². The largest absolute Gasteiger partial charge is 0.507 e. The predicted octanol–water partition coefficient (Wildman–Crippen LogP) is 5.69. The van der Waals surface area contributed by atoms with Crippen molar-refractivity contribution in [3.05, 3.63) is 76.9 Å². The quantitative estimate of drug-likeness (QED) is 0.386. The fourth-order valence-electron chi connectivity index (χ4n) is 3.88. The Labute approximate surface area is 197 Å². The molecule has 0 atom stereocenters. The summed E-state index contributed by atoms with van der Waals surface area (Å²) in [6.07, 6.45) is 0. The zero-order valence-corrected chi connectivity index (χ0v) is 22.4. The lowest BCUT2D eigenvalue weighted by atomic mass is 9.86. The van der Waals surface area contributed by atoms with Crippen LogP contribution < -0.4 is 15.8 Å². The van der Waals surface area contributed by atoms with Crippen LogP contribution in [-0.4, -0.2) is 19.4 Å². The molecule has 3 rings (SSSR count). The van der Waals surface area contributed by atoms with Crippen LogP contribution in [0.15, 0.2) is 54.6 Å². The fourth-order valence-corrected chi connectivity index (χ4v) is 9.54. The van der Waals surface area contributed by atoms with Crippen molar-refractivity contribution < 1.29 is 10.2 Å². The van der Waals surface area contributed by atoms with Crippen molar-refractivity contribution in [3.63, 3.8) is 0 Å². The second kappa shape index (κ2) is 9.04. The van der Waals surface area contributed by atoms with Gasteiger partial charge >= 0.3 is 0 Å². The Morgan fingerprint density at radius 2 is 1.09 bits per heavy atom. The highest BCUT2D eigenvalue weighted by Gasteiger charge is 2.29. The summed E-state index contributed by atoms with van der Waals surface area (Å²) in [6.45, 7) is 17.1. The van der Waals surface area contributed by atoms with Gasteiger partial charge in [-0.05, 0) is 54.4 Å². The predicted molar refractivity (Wildman–Crippen MR) is 141 cm³/mol. The molecule has 2 N–H and O–H groups in total. The number of para-hydroxylation sites is 2. The lowest BCUT2D eigenvalue weighted by Gasteiger charge is -2.28. The zero-order valence-electron chi connectivity index (χ0n) is 20.5. The number of hydrogen-bond donors (Lipinski definition) is 2. The standard InChI is InChI=1S/C28H35O2PSi/c1-18-12-9-17-24(19(18)2)32-31(22-15-10-13-20(25(22)29)27(3,4)5)23-16-11-14-21(26(23)30)28(6,7)8/h9-17,29-30H,1-8H3. The van der Waals surface area contributed by atoms with Gasteiger partial charge in [0.15, 0.2) is 0 Å². The number of hydrogen-bond acceptors (Lipinski definition) is 2. The normalized spacial score (nSPS) is 12.4. The Morgan fingerprint density at radius 1 is 0.656 bits per heavy atom. The minimum atomic E-state index is -0.996. The molecule has 0 aromatic heterocycles. The van der Waals surface area contributed by atoms with Crippen LogP contribution >= 0.6 is 7.47 Å². The first-order chi connectivity index (χ1) is 14.8. The van der Waals surface area contributed by atoms with E-state index in [1.165, 1.54) is 16.3 Å². The molecule has 0 spiro atoms. The van der Waals surface area contributed by atoms with E-state index in [2.05, 4.69) is 73.6 Å². The summed E-state index contributed by atoms with van der Waals surface area (Å²) in [5, 5.41) is 26.0. The van der Waals surface area contributed by atoms with E-state index in [-0.39, 0.29) is 10.8 Å². The Hall–Kier alpha value is -2.09. The Balaban J connectivity index is 2.27. The summed E-state index contributed by atoms with van der Waals surface area (Å²) < 4.78 is 0. The Bertz CT molecular complexity index is 1060. The number of rotatable bonds is 4. The summed E-state index contributed by atoms with van der Waals surface area (Å²) in [4.78, 5) is 0. The van der Waals surface area contributed by atoms with Crippen molar-refractivity contribution in [1.29, 1.82) is 0 Å². The maximum Gasteiger partial charge on any atom is 0.128 e. The number of phenols is 2. The summed E-state index contributed by atoms with van der Waals surface area (Å²) >= 11 is 0. The zero-order chi connectivity index (χ0) is 23.8. The molecule has 0 aliphatic heterocycles. The third kappa shape index (κ3) is 4.95. The molecule has 0 heterocycles. The van der Waals surface area contributed by atoms with Gasteiger partial charge in [-0.15, -0.1) is 0 Å². The minimum Gasteiger partial charge on any atom is -0.507 e. The van der Waals surface area contributed by atoms with Crippen LogP contribution in [0.1, 0.15) is 63.8 Å². The minimum absolute atomic E-state index is 0.168. The van der Waals surface area contributed by atoms with E-state index in [4.69, 9.17) is 0 Å². The van der Waals surface area contributed by atoms with Crippen LogP contribution in [0.4, 0.5) is 0 Å². The van der Waals surface area contributed by atoms with E-state index in [1.54, 1.807) is 0 Å². The van der Waals surface area contributed by atoms with Crippen molar-refractivity contribution in [2.75, 3.05) is 0 Å². The monoisotopic (exact) mass is 462 g/mol. The molecule has 2 radical (unpaired) electrons. The van der Waals surface area contributed by atoms with Crippen molar-refractivity contribution in [2.24, 2.45) is 0 Å². The van der Waals surface area contributed by atoms with Crippen LogP contribution in [0.2, 0.25) is 0 Å². The third-order valence-electron chi connectivity index (χ3n) is 5.96. The first-order valence-electron chi connectivity index (χ1n) is 11.1. The first-order valence-corrected chi connectivity index (χ1v) is 14.3. The van der Waals surface area contributed by atoms with Crippen molar-refractivity contribution in [3.8, 4) is 11.5 Å². The maximum atomic E-state index is 11.4. The smallest absolute Gasteiger partial charge is 0.128 e. The van der Waals surface area contributed by atoms with E-state index >= 15 is 0 Å². The second-order valence-electron chi connectivity index (χ2n) is 10.5. The molecule has 2 nitrogen and oxygen atoms in total. The SMILES string of the molecule is Cc1cccc([Si]P(c2cccc(C(C)(C)C)c2O)c2cccc(C(C)(C)C)c2O)c1C. The summed E-state index contributed by atoms with van der Waals surface area (Å²) in [7, 11) is -0.554. The summed E-state index contributed by atoms with van der Waals surface area (Å²) in [5.74, 6) is 0.731. The molecule has 0 fully saturated rings. The average Bonchev–Trinajstić information content (AvgIpc) is 2.68. The average molecular weight is 463 g/mol. The number of benzene rings is 3. The molecule has 0 aliphatic carbocycles. The van der Waals surface area contributed by atoms with Gasteiger partial charge < -0.3 is 10.2 Å². The van der Waals surface area contributed by atoms with E-state index in [1.807, 2.05) is 36.4 Å². The van der Waals surface area contributed by atoms with Gasteiger partial charge in [-0.3, -0.25) is 0 Å². The van der Waals surface area contributed by atoms with Gasteiger partial charge in [0.1, 0.15) is 20.7 Å². The number of aryl methyl sites for hydroxylation is 1. The highest BCUT2D eigenvalue weighted by Crippen LogP contribution is 2.43. The third-order valence-corrected chi connectivity index (χ3v) is 11.5. The van der Waals surface area contributed by atoms with Crippen LogP contribution in [0, 0.1) is 13.8 Å². The molecule has 32 heavy (non-hydrogen) atoms. The Morgan fingerprint density at radius 3 is 1.53 bits per heavy atom. The molecule has 0 unspecified atom stereocenters. The van der Waals surface area contributed by atoms with Gasteiger partial charge in [0.05, 0.1) is 0 Å². The molecule has 168 valence electrons. The number of aromatic hydroxyl groups is 2. The van der Waals surface area contributed by atoms with E-state index in [9.17, 15) is 10.2 Å². The summed E-state index contributed by atoms with van der Waals surface area (Å²) in [6, 6.07) is 18.6. The van der Waals surface area contributed by atoms with Crippen LogP contribution in [0.5, 0.6) is 11.5 Å². The van der Waals surface area contributed by atoms with Crippen LogP contribution in [-0.2, 0) is 10.8 Å². The van der Waals surface area contributed by atoms with E-state index < -0.39 is 7.47 Å². The molecule has 0 amide bonds. The van der Waals surface area contributed by atoms with Gasteiger partial charge in [-0.25, -0.2) is 0 Å². The highest BCUT2D eigenvalue weighted by atomic mass is 31.4. The molecular weight excluding hydrogens is 427 g/mol. The highest BCUT2D eigenvalue weighted by molar-refractivity contribution is 7.99. The molecule has 0 saturated heterocycles. The van der Waals surface area contributed by atoms with E-state index in [0.717, 1.165) is 21.7 Å². The van der Waals surface area contributed by atoms with Crippen molar-refractivity contribution in [2.45, 2.75) is 66.2 Å². The molecule has 0 bridgehead atoms. The molecular formula is C28H35O2PSi. The number of phenolic OH excluding ortho intramolecular Hbond substituents is 2. The molecule has 3 aromatic rings. The lowest BCUT2D eigenvalue weighted by molar-refractivity contribution is 0.450. The molecule has 0 aliphatic rings. The Kier molecular flexibility index (Phi) is 6.93. The topological polar surface area (TPSA) is 40.5 Å². The maximum absolute atomic E-state index is 11.4. The van der Waals surface area contributed by atoms with Crippen molar-refractivity contribution in [1.82, 2.24) is 0 Å². The lowest BCUT2D eigenvalue weighted by Crippen LogP contribution is -2.28. The van der Waals surface area contributed by atoms with Gasteiger partial charge in [-0.2, -0.15) is 0 Å². The van der Waals surface area contributed by atoms with E-state index in [0.29, 0.717) is 20.7 Å². The van der Waals surface area contributed by atoms with Gasteiger partial charge in [-0.1, -0.05) is 101 Å². The second-order valence-corrected chi connectivity index (χ2v) is 15.0. The van der Waals surface area contributed by atoms with Gasteiger partial charge in [0.2, 0.25) is 0 Å². The first kappa shape index (κ1) is 24.5.